The second-order valence-corrected chi connectivity index (χ2v) is 5.86. The molecule has 0 bridgehead atoms. The normalized spacial score (nSPS) is 18.4. The van der Waals surface area contributed by atoms with Gasteiger partial charge in [-0.25, -0.2) is 0 Å². The first kappa shape index (κ1) is 13.4. The van der Waals surface area contributed by atoms with Gasteiger partial charge in [-0.05, 0) is 56.5 Å². The number of hydrogen-bond acceptors (Lipinski definition) is 2. The number of benzene rings is 1. The number of likely N-dealkylation sites (N-methyl/N-ethyl adjacent to an activating group) is 1. The quantitative estimate of drug-likeness (QED) is 0.866. The van der Waals surface area contributed by atoms with Crippen molar-refractivity contribution in [1.29, 1.82) is 0 Å². The molecule has 3 heteroatoms. The van der Waals surface area contributed by atoms with E-state index in [4.69, 9.17) is 0 Å². The maximum absolute atomic E-state index is 11.3. The summed E-state index contributed by atoms with van der Waals surface area (Å²) in [5.74, 6) is 0. The van der Waals surface area contributed by atoms with E-state index in [0.29, 0.717) is 6.04 Å². The van der Waals surface area contributed by atoms with Gasteiger partial charge in [0.1, 0.15) is 0 Å². The molecule has 3 nitrogen and oxygen atoms in total. The van der Waals surface area contributed by atoms with E-state index in [0.717, 1.165) is 42.1 Å². The average molecular weight is 270 g/mol. The van der Waals surface area contributed by atoms with Gasteiger partial charge in [-0.15, -0.1) is 0 Å². The third kappa shape index (κ3) is 2.16. The van der Waals surface area contributed by atoms with Crippen molar-refractivity contribution in [1.82, 2.24) is 9.88 Å². The van der Waals surface area contributed by atoms with Crippen molar-refractivity contribution < 1.29 is 4.79 Å². The van der Waals surface area contributed by atoms with Crippen LogP contribution in [0.1, 0.15) is 41.3 Å². The summed E-state index contributed by atoms with van der Waals surface area (Å²) in [7, 11) is 2.22. The number of nitrogens with zero attached hydrogens (tertiary/aromatic N) is 1. The highest BCUT2D eigenvalue weighted by molar-refractivity contribution is 5.99. The zero-order valence-corrected chi connectivity index (χ0v) is 12.3. The molecule has 0 amide bonds. The van der Waals surface area contributed by atoms with Gasteiger partial charge in [-0.2, -0.15) is 0 Å². The predicted octanol–water partition coefficient (Wildman–Crippen LogP) is 3.18. The lowest BCUT2D eigenvalue weighted by Crippen LogP contribution is -2.37. The van der Waals surface area contributed by atoms with Crippen LogP contribution in [0, 0.1) is 0 Å². The zero-order chi connectivity index (χ0) is 14.1. The van der Waals surface area contributed by atoms with Gasteiger partial charge in [-0.1, -0.05) is 13.0 Å². The van der Waals surface area contributed by atoms with Crippen LogP contribution in [0.5, 0.6) is 0 Å². The van der Waals surface area contributed by atoms with E-state index in [1.54, 1.807) is 0 Å². The summed E-state index contributed by atoms with van der Waals surface area (Å²) >= 11 is 0. The van der Waals surface area contributed by atoms with E-state index in [1.807, 2.05) is 6.20 Å². The molecule has 1 N–H and O–H groups in total. The maximum atomic E-state index is 11.3. The van der Waals surface area contributed by atoms with E-state index in [9.17, 15) is 4.79 Å². The van der Waals surface area contributed by atoms with Gasteiger partial charge in [0, 0.05) is 28.7 Å². The molecule has 1 heterocycles. The molecule has 0 aliphatic heterocycles. The van der Waals surface area contributed by atoms with Crippen LogP contribution in [0.15, 0.2) is 18.3 Å². The summed E-state index contributed by atoms with van der Waals surface area (Å²) in [5, 5.41) is 1.15. The van der Waals surface area contributed by atoms with E-state index < -0.39 is 0 Å². The Morgan fingerprint density at radius 2 is 2.30 bits per heavy atom. The summed E-state index contributed by atoms with van der Waals surface area (Å²) in [6, 6.07) is 4.93. The molecule has 1 atom stereocenters. The fraction of sp³-hybridized carbons (Fsp3) is 0.471. The fourth-order valence-electron chi connectivity index (χ4n) is 3.50. The average Bonchev–Trinajstić information content (AvgIpc) is 2.90. The Bertz CT molecular complexity index is 629. The molecule has 0 unspecified atom stereocenters. The highest BCUT2D eigenvalue weighted by atomic mass is 16.1. The molecule has 1 aromatic heterocycles. The SMILES string of the molecule is CCCN(C)[C@@H]1CCc2ccc3[nH]cc(C=O)c3c2C1. The maximum Gasteiger partial charge on any atom is 0.152 e. The fourth-order valence-corrected chi connectivity index (χ4v) is 3.50. The van der Waals surface area contributed by atoms with Gasteiger partial charge in [0.15, 0.2) is 6.29 Å². The minimum absolute atomic E-state index is 0.599. The number of H-pyrrole nitrogens is 1. The predicted molar refractivity (Wildman–Crippen MR) is 82.4 cm³/mol. The van der Waals surface area contributed by atoms with Crippen LogP contribution in [0.4, 0.5) is 0 Å². The number of aldehydes is 1. The smallest absolute Gasteiger partial charge is 0.152 e. The summed E-state index contributed by atoms with van der Waals surface area (Å²) in [6.45, 7) is 3.37. The van der Waals surface area contributed by atoms with Crippen molar-refractivity contribution in [3.8, 4) is 0 Å². The third-order valence-corrected chi connectivity index (χ3v) is 4.60. The summed E-state index contributed by atoms with van der Waals surface area (Å²) in [4.78, 5) is 16.9. The minimum Gasteiger partial charge on any atom is -0.360 e. The highest BCUT2D eigenvalue weighted by Crippen LogP contribution is 2.32. The first-order valence-electron chi connectivity index (χ1n) is 7.51. The van der Waals surface area contributed by atoms with E-state index in [-0.39, 0.29) is 0 Å². The number of aromatic nitrogens is 1. The Kier molecular flexibility index (Phi) is 3.62. The highest BCUT2D eigenvalue weighted by Gasteiger charge is 2.24. The number of aromatic amines is 1. The monoisotopic (exact) mass is 270 g/mol. The van der Waals surface area contributed by atoms with Crippen LogP contribution in [0.25, 0.3) is 10.9 Å². The Hall–Kier alpha value is -1.61. The Morgan fingerprint density at radius 3 is 3.05 bits per heavy atom. The molecule has 0 spiro atoms. The van der Waals surface area contributed by atoms with Crippen LogP contribution in [-0.2, 0) is 12.8 Å². The summed E-state index contributed by atoms with van der Waals surface area (Å²) in [5.41, 5.74) is 4.69. The Balaban J connectivity index is 2.02. The largest absolute Gasteiger partial charge is 0.360 e. The van der Waals surface area contributed by atoms with Crippen LogP contribution in [-0.4, -0.2) is 35.8 Å². The molecule has 1 aromatic carbocycles. The molecule has 1 aliphatic rings. The second kappa shape index (κ2) is 5.41. The number of aryl methyl sites for hydroxylation is 1. The molecule has 20 heavy (non-hydrogen) atoms. The lowest BCUT2D eigenvalue weighted by atomic mass is 9.85. The molecular formula is C17H22N2O. The lowest BCUT2D eigenvalue weighted by Gasteiger charge is -2.32. The van der Waals surface area contributed by atoms with Crippen molar-refractivity contribution in [3.63, 3.8) is 0 Å². The zero-order valence-electron chi connectivity index (χ0n) is 12.3. The molecule has 1 aliphatic carbocycles. The van der Waals surface area contributed by atoms with Gasteiger partial charge < -0.3 is 9.88 Å². The molecule has 0 fully saturated rings. The van der Waals surface area contributed by atoms with Crippen LogP contribution < -0.4 is 0 Å². The molecule has 0 saturated heterocycles. The van der Waals surface area contributed by atoms with Crippen molar-refractivity contribution in [2.45, 2.75) is 38.6 Å². The van der Waals surface area contributed by atoms with Gasteiger partial charge >= 0.3 is 0 Å². The summed E-state index contributed by atoms with van der Waals surface area (Å²) in [6.07, 6.45) is 7.38. The summed E-state index contributed by atoms with van der Waals surface area (Å²) < 4.78 is 0. The van der Waals surface area contributed by atoms with E-state index >= 15 is 0 Å². The molecular weight excluding hydrogens is 248 g/mol. The number of rotatable bonds is 4. The first-order valence-corrected chi connectivity index (χ1v) is 7.51. The van der Waals surface area contributed by atoms with Crippen LogP contribution in [0.3, 0.4) is 0 Å². The van der Waals surface area contributed by atoms with Crippen molar-refractivity contribution in [2.75, 3.05) is 13.6 Å². The van der Waals surface area contributed by atoms with Gasteiger partial charge in [0.2, 0.25) is 0 Å². The standard InChI is InChI=1S/C17H22N2O/c1-3-8-19(2)14-6-4-12-5-7-16-17(15(12)9-14)13(11-20)10-18-16/h5,7,10-11,14,18H,3-4,6,8-9H2,1-2H3/t14-/m1/s1. The minimum atomic E-state index is 0.599. The number of carbonyl (C=O) groups is 1. The van der Waals surface area contributed by atoms with Crippen molar-refractivity contribution in [2.24, 2.45) is 0 Å². The number of nitrogens with one attached hydrogen (secondary N) is 1. The lowest BCUT2D eigenvalue weighted by molar-refractivity contribution is 0.112. The van der Waals surface area contributed by atoms with Gasteiger partial charge in [0.05, 0.1) is 0 Å². The van der Waals surface area contributed by atoms with E-state index in [1.165, 1.54) is 24.0 Å². The van der Waals surface area contributed by atoms with E-state index in [2.05, 4.69) is 36.0 Å². The van der Waals surface area contributed by atoms with Crippen LogP contribution in [0.2, 0.25) is 0 Å². The number of hydrogen-bond donors (Lipinski definition) is 1. The third-order valence-electron chi connectivity index (χ3n) is 4.60. The molecule has 0 saturated carbocycles. The molecule has 106 valence electrons. The molecule has 2 aromatic rings. The van der Waals surface area contributed by atoms with Crippen LogP contribution >= 0.6 is 0 Å². The molecule has 0 radical (unpaired) electrons. The second-order valence-electron chi connectivity index (χ2n) is 5.86. The number of fused-ring (bicyclic) bond motifs is 3. The van der Waals surface area contributed by atoms with Crippen molar-refractivity contribution in [3.05, 3.63) is 35.0 Å². The number of carbonyl (C=O) groups excluding carboxylic acids is 1. The van der Waals surface area contributed by atoms with Gasteiger partial charge in [-0.3, -0.25) is 4.79 Å². The van der Waals surface area contributed by atoms with Gasteiger partial charge in [0.25, 0.3) is 0 Å². The Morgan fingerprint density at radius 1 is 1.45 bits per heavy atom. The molecule has 3 rings (SSSR count). The van der Waals surface area contributed by atoms with Crippen molar-refractivity contribution >= 4 is 17.2 Å². The topological polar surface area (TPSA) is 36.1 Å². The first-order chi connectivity index (χ1) is 9.74. The Labute approximate surface area is 120 Å².